The number of likely N-dealkylation sites (N-methyl/N-ethyl adjacent to an activating group) is 1. The van der Waals surface area contributed by atoms with E-state index in [4.69, 9.17) is 10.5 Å². The molecule has 2 heterocycles. The molecule has 1 aromatic carbocycles. The Hall–Kier alpha value is -2.48. The van der Waals surface area contributed by atoms with Gasteiger partial charge in [-0.05, 0) is 19.2 Å². The van der Waals surface area contributed by atoms with Crippen LogP contribution in [-0.4, -0.2) is 48.1 Å². The monoisotopic (exact) mass is 321 g/mol. The van der Waals surface area contributed by atoms with Gasteiger partial charge in [-0.2, -0.15) is 4.98 Å². The Kier molecular flexibility index (Phi) is 4.24. The van der Waals surface area contributed by atoms with Crippen LogP contribution in [0.2, 0.25) is 0 Å². The van der Waals surface area contributed by atoms with E-state index in [1.807, 2.05) is 11.9 Å². The maximum Gasteiger partial charge on any atom is 0.248 e. The molecule has 0 spiro atoms. The van der Waals surface area contributed by atoms with Gasteiger partial charge in [0.05, 0.1) is 0 Å². The first-order chi connectivity index (χ1) is 11.0. The topological polar surface area (TPSA) is 67.5 Å². The molecule has 0 bridgehead atoms. The van der Waals surface area contributed by atoms with Crippen LogP contribution in [0.4, 0.5) is 20.3 Å². The Morgan fingerprint density at radius 3 is 2.57 bits per heavy atom. The minimum atomic E-state index is -0.816. The molecule has 3 rings (SSSR count). The van der Waals surface area contributed by atoms with E-state index in [-0.39, 0.29) is 17.3 Å². The number of nitrogen functional groups attached to an aromatic ring is 1. The van der Waals surface area contributed by atoms with Crippen LogP contribution in [0.5, 0.6) is 11.6 Å². The van der Waals surface area contributed by atoms with Crippen LogP contribution in [0.3, 0.4) is 0 Å². The Balaban J connectivity index is 1.85. The Morgan fingerprint density at radius 1 is 1.13 bits per heavy atom. The van der Waals surface area contributed by atoms with Crippen LogP contribution in [0.15, 0.2) is 24.5 Å². The van der Waals surface area contributed by atoms with E-state index in [1.54, 1.807) is 0 Å². The number of benzene rings is 1. The molecule has 122 valence electrons. The third kappa shape index (κ3) is 3.31. The normalized spacial score (nSPS) is 15.7. The Bertz CT molecular complexity index is 704. The van der Waals surface area contributed by atoms with Gasteiger partial charge in [0.2, 0.25) is 5.88 Å². The van der Waals surface area contributed by atoms with Gasteiger partial charge in [-0.3, -0.25) is 0 Å². The highest BCUT2D eigenvalue weighted by molar-refractivity contribution is 5.68. The van der Waals surface area contributed by atoms with Gasteiger partial charge in [0, 0.05) is 32.2 Å². The molecular weight excluding hydrogens is 304 g/mol. The molecule has 2 N–H and O–H groups in total. The maximum absolute atomic E-state index is 13.7. The maximum atomic E-state index is 13.7. The number of aromatic nitrogens is 2. The van der Waals surface area contributed by atoms with Crippen molar-refractivity contribution in [1.29, 1.82) is 0 Å². The number of rotatable bonds is 3. The minimum absolute atomic E-state index is 0.0550. The van der Waals surface area contributed by atoms with E-state index in [0.717, 1.165) is 38.3 Å². The van der Waals surface area contributed by atoms with Crippen molar-refractivity contribution >= 4 is 11.5 Å². The smallest absolute Gasteiger partial charge is 0.248 e. The summed E-state index contributed by atoms with van der Waals surface area (Å²) in [5.74, 6) is -1.01. The molecule has 0 aliphatic carbocycles. The van der Waals surface area contributed by atoms with Crippen LogP contribution in [0.1, 0.15) is 0 Å². The van der Waals surface area contributed by atoms with Crippen molar-refractivity contribution in [2.45, 2.75) is 0 Å². The summed E-state index contributed by atoms with van der Waals surface area (Å²) in [5.41, 5.74) is 6.31. The number of ether oxygens (including phenoxy) is 1. The second kappa shape index (κ2) is 6.33. The van der Waals surface area contributed by atoms with E-state index >= 15 is 0 Å². The highest BCUT2D eigenvalue weighted by Gasteiger charge is 2.20. The molecule has 1 aliphatic heterocycles. The lowest BCUT2D eigenvalue weighted by molar-refractivity contribution is 0.312. The number of anilines is 2. The van der Waals surface area contributed by atoms with Gasteiger partial charge in [-0.1, -0.05) is 0 Å². The van der Waals surface area contributed by atoms with Crippen molar-refractivity contribution in [1.82, 2.24) is 14.9 Å². The van der Waals surface area contributed by atoms with Crippen LogP contribution < -0.4 is 15.4 Å². The summed E-state index contributed by atoms with van der Waals surface area (Å²) in [6.45, 7) is 3.35. The average molecular weight is 321 g/mol. The van der Waals surface area contributed by atoms with Crippen molar-refractivity contribution < 1.29 is 13.5 Å². The third-order valence-corrected chi connectivity index (χ3v) is 3.73. The largest absolute Gasteiger partial charge is 0.434 e. The Morgan fingerprint density at radius 2 is 1.87 bits per heavy atom. The molecule has 23 heavy (non-hydrogen) atoms. The summed E-state index contributed by atoms with van der Waals surface area (Å²) < 4.78 is 32.0. The van der Waals surface area contributed by atoms with Crippen LogP contribution in [0.25, 0.3) is 0 Å². The summed E-state index contributed by atoms with van der Waals surface area (Å²) in [5, 5.41) is 0. The summed E-state index contributed by atoms with van der Waals surface area (Å²) in [6, 6.07) is 3.05. The summed E-state index contributed by atoms with van der Waals surface area (Å²) >= 11 is 0. The zero-order chi connectivity index (χ0) is 16.4. The minimum Gasteiger partial charge on any atom is -0.434 e. The second-order valence-corrected chi connectivity index (χ2v) is 5.38. The van der Waals surface area contributed by atoms with Crippen molar-refractivity contribution in [2.24, 2.45) is 0 Å². The highest BCUT2D eigenvalue weighted by Crippen LogP contribution is 2.32. The first kappa shape index (κ1) is 15.4. The molecule has 0 amide bonds. The number of halogens is 2. The number of hydrogen-bond acceptors (Lipinski definition) is 6. The second-order valence-electron chi connectivity index (χ2n) is 5.38. The van der Waals surface area contributed by atoms with Crippen molar-refractivity contribution in [3.05, 3.63) is 36.2 Å². The van der Waals surface area contributed by atoms with Crippen LogP contribution in [0, 0.1) is 11.6 Å². The highest BCUT2D eigenvalue weighted by atomic mass is 19.1. The molecule has 8 heteroatoms. The van der Waals surface area contributed by atoms with Gasteiger partial charge in [0.15, 0.2) is 17.4 Å². The molecular formula is C15H17F2N5O. The Labute approximate surface area is 132 Å². The number of nitrogens with two attached hydrogens (primary N) is 1. The number of nitrogens with zero attached hydrogens (tertiary/aromatic N) is 4. The lowest BCUT2D eigenvalue weighted by atomic mass is 10.3. The fourth-order valence-corrected chi connectivity index (χ4v) is 2.38. The predicted octanol–water partition coefficient (Wildman–Crippen LogP) is 1.88. The lowest BCUT2D eigenvalue weighted by Crippen LogP contribution is -2.45. The first-order valence-corrected chi connectivity index (χ1v) is 7.21. The van der Waals surface area contributed by atoms with E-state index in [1.165, 1.54) is 12.4 Å². The first-order valence-electron chi connectivity index (χ1n) is 7.21. The zero-order valence-corrected chi connectivity index (χ0v) is 12.7. The molecule has 0 radical (unpaired) electrons. The fraction of sp³-hybridized carbons (Fsp3) is 0.333. The summed E-state index contributed by atoms with van der Waals surface area (Å²) in [7, 11) is 2.05. The summed E-state index contributed by atoms with van der Waals surface area (Å²) in [6.07, 6.45) is 1.32. The van der Waals surface area contributed by atoms with Crippen molar-refractivity contribution in [3.63, 3.8) is 0 Å². The van der Waals surface area contributed by atoms with Gasteiger partial charge in [-0.25, -0.2) is 13.8 Å². The molecule has 0 atom stereocenters. The van der Waals surface area contributed by atoms with E-state index in [0.29, 0.717) is 5.82 Å². The standard InChI is InChI=1S/C15H17F2N5O/c1-21-4-6-22(7-5-21)14-13(18)15(20-9-19-14)23-12-3-2-10(16)8-11(12)17/h2-3,8-9H,4-7,18H2,1H3. The molecule has 0 unspecified atom stereocenters. The predicted molar refractivity (Wildman–Crippen MR) is 82.6 cm³/mol. The molecule has 1 aromatic heterocycles. The quantitative estimate of drug-likeness (QED) is 0.931. The van der Waals surface area contributed by atoms with Gasteiger partial charge in [-0.15, -0.1) is 0 Å². The van der Waals surface area contributed by atoms with Crippen LogP contribution >= 0.6 is 0 Å². The van der Waals surface area contributed by atoms with E-state index in [9.17, 15) is 8.78 Å². The molecule has 0 saturated carbocycles. The molecule has 1 aliphatic rings. The zero-order valence-electron chi connectivity index (χ0n) is 12.7. The average Bonchev–Trinajstić information content (AvgIpc) is 2.53. The molecule has 1 fully saturated rings. The fourth-order valence-electron chi connectivity index (χ4n) is 2.38. The molecule has 6 nitrogen and oxygen atoms in total. The number of hydrogen-bond donors (Lipinski definition) is 1. The van der Waals surface area contributed by atoms with Gasteiger partial charge < -0.3 is 20.3 Å². The molecule has 1 saturated heterocycles. The van der Waals surface area contributed by atoms with Crippen molar-refractivity contribution in [2.75, 3.05) is 43.9 Å². The van der Waals surface area contributed by atoms with E-state index in [2.05, 4.69) is 14.9 Å². The SMILES string of the molecule is CN1CCN(c2ncnc(Oc3ccc(F)cc3F)c2N)CC1. The lowest BCUT2D eigenvalue weighted by Gasteiger charge is -2.33. The van der Waals surface area contributed by atoms with Crippen molar-refractivity contribution in [3.8, 4) is 11.6 Å². The van der Waals surface area contributed by atoms with Gasteiger partial charge >= 0.3 is 0 Å². The number of piperazine rings is 1. The van der Waals surface area contributed by atoms with Crippen LogP contribution in [-0.2, 0) is 0 Å². The molecule has 2 aromatic rings. The third-order valence-electron chi connectivity index (χ3n) is 3.73. The van der Waals surface area contributed by atoms with Gasteiger partial charge in [0.25, 0.3) is 0 Å². The van der Waals surface area contributed by atoms with E-state index < -0.39 is 11.6 Å². The van der Waals surface area contributed by atoms with Gasteiger partial charge in [0.1, 0.15) is 17.8 Å². The summed E-state index contributed by atoms with van der Waals surface area (Å²) in [4.78, 5) is 12.4.